The summed E-state index contributed by atoms with van der Waals surface area (Å²) in [6.45, 7) is 5.46. The van der Waals surface area contributed by atoms with Crippen LogP contribution in [0.15, 0.2) is 49.3 Å². The van der Waals surface area contributed by atoms with Gasteiger partial charge in [-0.1, -0.05) is 0 Å². The average molecular weight is 510 g/mol. The van der Waals surface area contributed by atoms with Gasteiger partial charge in [-0.25, -0.2) is 24.9 Å². The molecule has 6 heterocycles. The predicted octanol–water partition coefficient (Wildman–Crippen LogP) is 3.66. The van der Waals surface area contributed by atoms with Gasteiger partial charge in [0, 0.05) is 38.4 Å². The Morgan fingerprint density at radius 1 is 1.00 bits per heavy atom. The van der Waals surface area contributed by atoms with Crippen molar-refractivity contribution in [1.29, 1.82) is 0 Å². The zero-order valence-electron chi connectivity index (χ0n) is 21.4. The first-order valence-corrected chi connectivity index (χ1v) is 12.6. The van der Waals surface area contributed by atoms with Crippen LogP contribution in [0, 0.1) is 6.92 Å². The Bertz CT molecular complexity index is 1680. The minimum Gasteiger partial charge on any atom is -0.487 e. The molecule has 1 atom stereocenters. The zero-order chi connectivity index (χ0) is 25.8. The van der Waals surface area contributed by atoms with E-state index in [9.17, 15) is 0 Å². The fourth-order valence-electron chi connectivity index (χ4n) is 5.21. The molecule has 0 amide bonds. The van der Waals surface area contributed by atoms with E-state index in [2.05, 4.69) is 42.1 Å². The highest BCUT2D eigenvalue weighted by atomic mass is 16.5. The van der Waals surface area contributed by atoms with Crippen LogP contribution in [0.5, 0.6) is 17.4 Å². The van der Waals surface area contributed by atoms with E-state index in [1.807, 2.05) is 42.8 Å². The van der Waals surface area contributed by atoms with Crippen molar-refractivity contribution < 1.29 is 9.47 Å². The molecule has 192 valence electrons. The van der Waals surface area contributed by atoms with Crippen molar-refractivity contribution in [2.45, 2.75) is 13.0 Å². The third-order valence-electron chi connectivity index (χ3n) is 7.23. The van der Waals surface area contributed by atoms with Crippen molar-refractivity contribution in [3.63, 3.8) is 0 Å². The molecule has 0 spiro atoms. The summed E-state index contributed by atoms with van der Waals surface area (Å²) in [4.78, 5) is 27.2. The molecule has 0 saturated carbocycles. The highest BCUT2D eigenvalue weighted by Crippen LogP contribution is 2.41. The first-order valence-electron chi connectivity index (χ1n) is 12.6. The van der Waals surface area contributed by atoms with Crippen molar-refractivity contribution in [1.82, 2.24) is 34.4 Å². The van der Waals surface area contributed by atoms with Gasteiger partial charge in [0.25, 0.3) is 0 Å². The summed E-state index contributed by atoms with van der Waals surface area (Å²) in [6.07, 6.45) is 6.88. The molecule has 11 heteroatoms. The number of piperazine rings is 1. The number of hydrogen-bond acceptors (Lipinski definition) is 10. The van der Waals surface area contributed by atoms with Gasteiger partial charge in [0.05, 0.1) is 46.7 Å². The third-order valence-corrected chi connectivity index (χ3v) is 7.23. The van der Waals surface area contributed by atoms with Crippen LogP contribution in [0.1, 0.15) is 5.56 Å². The minimum absolute atomic E-state index is 0.287. The van der Waals surface area contributed by atoms with Crippen LogP contribution in [0.3, 0.4) is 0 Å². The Kier molecular flexibility index (Phi) is 5.25. The van der Waals surface area contributed by atoms with E-state index in [0.717, 1.165) is 70.1 Å². The highest BCUT2D eigenvalue weighted by Gasteiger charge is 2.34. The molecular formula is C27H27N9O2. The maximum atomic E-state index is 6.29. The van der Waals surface area contributed by atoms with E-state index in [1.54, 1.807) is 25.0 Å². The summed E-state index contributed by atoms with van der Waals surface area (Å²) in [5.41, 5.74) is 4.36. The van der Waals surface area contributed by atoms with Crippen LogP contribution in [0.4, 0.5) is 17.3 Å². The molecule has 0 aliphatic carbocycles. The molecule has 2 aliphatic heterocycles. The molecular weight excluding hydrogens is 482 g/mol. The molecule has 2 aliphatic rings. The number of likely N-dealkylation sites (N-methyl/N-ethyl adjacent to an activating group) is 1. The number of nitrogens with one attached hydrogen (secondary N) is 1. The molecule has 4 aromatic heterocycles. The Morgan fingerprint density at radius 3 is 2.82 bits per heavy atom. The lowest BCUT2D eigenvalue weighted by molar-refractivity contribution is 0.188. The first kappa shape index (κ1) is 22.7. The van der Waals surface area contributed by atoms with Gasteiger partial charge in [-0.2, -0.15) is 0 Å². The second-order valence-corrected chi connectivity index (χ2v) is 9.89. The van der Waals surface area contributed by atoms with E-state index in [1.165, 1.54) is 0 Å². The highest BCUT2D eigenvalue weighted by molar-refractivity contribution is 5.98. The summed E-state index contributed by atoms with van der Waals surface area (Å²) in [5.74, 6) is 3.49. The molecule has 1 saturated heterocycles. The van der Waals surface area contributed by atoms with Crippen molar-refractivity contribution in [2.24, 2.45) is 7.05 Å². The molecule has 1 fully saturated rings. The molecule has 0 bridgehead atoms. The van der Waals surface area contributed by atoms with Crippen LogP contribution in [0.2, 0.25) is 0 Å². The maximum Gasteiger partial charge on any atom is 0.221 e. The van der Waals surface area contributed by atoms with Gasteiger partial charge in [-0.15, -0.1) is 0 Å². The van der Waals surface area contributed by atoms with Gasteiger partial charge >= 0.3 is 0 Å². The van der Waals surface area contributed by atoms with Crippen LogP contribution >= 0.6 is 0 Å². The molecule has 1 aromatic carbocycles. The second kappa shape index (κ2) is 8.80. The number of benzene rings is 1. The molecule has 38 heavy (non-hydrogen) atoms. The lowest BCUT2D eigenvalue weighted by Gasteiger charge is -2.43. The Morgan fingerprint density at radius 2 is 1.92 bits per heavy atom. The van der Waals surface area contributed by atoms with Gasteiger partial charge in [-0.05, 0) is 37.7 Å². The fraction of sp³-hybridized carbons (Fsp3) is 0.296. The van der Waals surface area contributed by atoms with Crippen LogP contribution in [-0.2, 0) is 7.05 Å². The topological polar surface area (TPSA) is 106 Å². The van der Waals surface area contributed by atoms with E-state index in [4.69, 9.17) is 14.5 Å². The van der Waals surface area contributed by atoms with E-state index in [-0.39, 0.29) is 6.04 Å². The van der Waals surface area contributed by atoms with E-state index >= 15 is 0 Å². The number of fused-ring (bicyclic) bond motifs is 6. The number of aromatic nitrogens is 6. The Labute approximate surface area is 219 Å². The molecule has 11 nitrogen and oxygen atoms in total. The summed E-state index contributed by atoms with van der Waals surface area (Å²) in [7, 11) is 4.08. The minimum atomic E-state index is 0.287. The molecule has 5 aromatic rings. The van der Waals surface area contributed by atoms with E-state index < -0.39 is 0 Å². The number of anilines is 3. The lowest BCUT2D eigenvalue weighted by atomic mass is 10.1. The number of nitrogens with zero attached hydrogens (tertiary/aromatic N) is 8. The molecule has 0 unspecified atom stereocenters. The lowest BCUT2D eigenvalue weighted by Crippen LogP contribution is -2.56. The SMILES string of the molecule is Cc1cc(Nc2ncnc3cnc4c(c23)OC[C@H]2CN(C)CCN42)ccc1Oc1cc2ncn(C)c2cn1. The smallest absolute Gasteiger partial charge is 0.221 e. The normalized spacial score (nSPS) is 17.2. The Hall–Kier alpha value is -4.51. The largest absolute Gasteiger partial charge is 0.487 e. The number of imidazole rings is 1. The average Bonchev–Trinajstić information content (AvgIpc) is 3.29. The van der Waals surface area contributed by atoms with Gasteiger partial charge < -0.3 is 29.2 Å². The van der Waals surface area contributed by atoms with Crippen LogP contribution < -0.4 is 19.7 Å². The predicted molar refractivity (Wildman–Crippen MR) is 145 cm³/mol. The second-order valence-electron chi connectivity index (χ2n) is 9.89. The van der Waals surface area contributed by atoms with Gasteiger partial charge in [0.15, 0.2) is 11.6 Å². The number of rotatable bonds is 4. The third kappa shape index (κ3) is 3.82. The Balaban J connectivity index is 1.18. The number of ether oxygens (including phenoxy) is 2. The molecule has 7 rings (SSSR count). The number of hydrogen-bond donors (Lipinski definition) is 1. The molecule has 0 radical (unpaired) electrons. The fourth-order valence-corrected chi connectivity index (χ4v) is 5.21. The van der Waals surface area contributed by atoms with Gasteiger partial charge in [-0.3, -0.25) is 0 Å². The summed E-state index contributed by atoms with van der Waals surface area (Å²) < 4.78 is 14.3. The van der Waals surface area contributed by atoms with Crippen LogP contribution in [-0.4, -0.2) is 73.7 Å². The number of pyridine rings is 2. The standard InChI is InChI=1S/C27H27N9O2/c1-16-8-17(4-5-22(16)38-23-9-19-21(11-28-23)35(3)15-32-19)33-26-24-20(30-14-31-26)10-29-27-25(24)37-13-18-12-34(2)6-7-36(18)27/h4-5,8-11,14-15,18H,6-7,12-13H2,1-3H3,(H,30,31,33)/t18-/m1/s1. The summed E-state index contributed by atoms with van der Waals surface area (Å²) in [6, 6.07) is 8.04. The van der Waals surface area contributed by atoms with Crippen molar-refractivity contribution in [3.05, 3.63) is 54.9 Å². The van der Waals surface area contributed by atoms with Crippen molar-refractivity contribution in [3.8, 4) is 17.4 Å². The molecule has 1 N–H and O–H groups in total. The first-order chi connectivity index (χ1) is 18.5. The van der Waals surface area contributed by atoms with Gasteiger partial charge in [0.1, 0.15) is 24.5 Å². The van der Waals surface area contributed by atoms with E-state index in [0.29, 0.717) is 18.3 Å². The van der Waals surface area contributed by atoms with Crippen molar-refractivity contribution >= 4 is 39.3 Å². The zero-order valence-corrected chi connectivity index (χ0v) is 21.4. The monoisotopic (exact) mass is 509 g/mol. The van der Waals surface area contributed by atoms with Crippen LogP contribution in [0.25, 0.3) is 21.9 Å². The number of aryl methyl sites for hydroxylation is 2. The maximum absolute atomic E-state index is 6.29. The van der Waals surface area contributed by atoms with Crippen molar-refractivity contribution in [2.75, 3.05) is 43.5 Å². The summed E-state index contributed by atoms with van der Waals surface area (Å²) >= 11 is 0. The van der Waals surface area contributed by atoms with Gasteiger partial charge in [0.2, 0.25) is 5.88 Å². The quantitative estimate of drug-likeness (QED) is 0.386. The summed E-state index contributed by atoms with van der Waals surface area (Å²) in [5, 5.41) is 4.30.